The predicted octanol–water partition coefficient (Wildman–Crippen LogP) is 0.963. The number of carbonyl (C=O) groups excluding carboxylic acids is 1. The first-order chi connectivity index (χ1) is 10.3. The lowest BCUT2D eigenvalue weighted by Gasteiger charge is -2.03. The van der Waals surface area contributed by atoms with Crippen molar-refractivity contribution in [2.45, 2.75) is 19.3 Å². The van der Waals surface area contributed by atoms with E-state index in [-0.39, 0.29) is 12.5 Å². The highest BCUT2D eigenvalue weighted by Gasteiger charge is 2.11. The third-order valence-electron chi connectivity index (χ3n) is 2.67. The SMILES string of the molecule is O=C(NCCCc1ncn[nH]1)c1sccc1C#CCCO. The standard InChI is InChI=1S/C14H16N4O2S/c19-8-2-1-4-11-6-9-21-13(11)14(20)15-7-3-5-12-16-10-17-18-12/h6,9-10,19H,2-3,5,7-8H2,(H,15,20)(H,16,17,18). The Morgan fingerprint density at radius 2 is 2.43 bits per heavy atom. The highest BCUT2D eigenvalue weighted by molar-refractivity contribution is 7.12. The molecule has 0 radical (unpaired) electrons. The number of thiophene rings is 1. The molecule has 0 fully saturated rings. The van der Waals surface area contributed by atoms with Crippen LogP contribution in [0.25, 0.3) is 0 Å². The third-order valence-corrected chi connectivity index (χ3v) is 3.59. The smallest absolute Gasteiger partial charge is 0.262 e. The van der Waals surface area contributed by atoms with E-state index in [9.17, 15) is 4.79 Å². The average molecular weight is 304 g/mol. The summed E-state index contributed by atoms with van der Waals surface area (Å²) >= 11 is 1.37. The summed E-state index contributed by atoms with van der Waals surface area (Å²) in [6, 6.07) is 1.82. The zero-order chi connectivity index (χ0) is 14.9. The van der Waals surface area contributed by atoms with Gasteiger partial charge in [-0.25, -0.2) is 4.98 Å². The van der Waals surface area contributed by atoms with E-state index in [4.69, 9.17) is 5.11 Å². The fraction of sp³-hybridized carbons (Fsp3) is 0.357. The minimum atomic E-state index is -0.115. The normalized spacial score (nSPS) is 9.95. The zero-order valence-electron chi connectivity index (χ0n) is 11.4. The Kier molecular flexibility index (Phi) is 5.94. The molecule has 0 saturated carbocycles. The van der Waals surface area contributed by atoms with Crippen LogP contribution in [0, 0.1) is 11.8 Å². The van der Waals surface area contributed by atoms with Gasteiger partial charge in [0.15, 0.2) is 0 Å². The van der Waals surface area contributed by atoms with Crippen molar-refractivity contribution >= 4 is 17.2 Å². The minimum Gasteiger partial charge on any atom is -0.395 e. The first kappa shape index (κ1) is 15.2. The molecule has 0 spiro atoms. The summed E-state index contributed by atoms with van der Waals surface area (Å²) in [5.41, 5.74) is 0.709. The van der Waals surface area contributed by atoms with E-state index < -0.39 is 0 Å². The van der Waals surface area contributed by atoms with Crippen molar-refractivity contribution in [2.24, 2.45) is 0 Å². The molecule has 6 nitrogen and oxygen atoms in total. The molecule has 1 amide bonds. The van der Waals surface area contributed by atoms with E-state index in [0.29, 0.717) is 23.4 Å². The minimum absolute atomic E-state index is 0.0281. The van der Waals surface area contributed by atoms with Gasteiger partial charge in [-0.2, -0.15) is 5.10 Å². The summed E-state index contributed by atoms with van der Waals surface area (Å²) in [7, 11) is 0. The van der Waals surface area contributed by atoms with Crippen LogP contribution in [0.4, 0.5) is 0 Å². The fourth-order valence-electron chi connectivity index (χ4n) is 1.69. The van der Waals surface area contributed by atoms with Gasteiger partial charge in [-0.15, -0.1) is 11.3 Å². The number of carbonyl (C=O) groups is 1. The van der Waals surface area contributed by atoms with Crippen LogP contribution >= 0.6 is 11.3 Å². The number of aliphatic hydroxyl groups excluding tert-OH is 1. The Morgan fingerprint density at radius 3 is 3.19 bits per heavy atom. The maximum atomic E-state index is 12.1. The summed E-state index contributed by atoms with van der Waals surface area (Å²) < 4.78 is 0. The summed E-state index contributed by atoms with van der Waals surface area (Å²) in [6.07, 6.45) is 3.41. The Hall–Kier alpha value is -2.17. The lowest BCUT2D eigenvalue weighted by Crippen LogP contribution is -2.24. The number of aliphatic hydroxyl groups is 1. The second-order valence-corrected chi connectivity index (χ2v) is 5.15. The lowest BCUT2D eigenvalue weighted by molar-refractivity contribution is 0.0957. The molecule has 110 valence electrons. The third kappa shape index (κ3) is 4.70. The van der Waals surface area contributed by atoms with Gasteiger partial charge in [0.25, 0.3) is 5.91 Å². The van der Waals surface area contributed by atoms with Crippen LogP contribution in [-0.4, -0.2) is 39.3 Å². The van der Waals surface area contributed by atoms with Crippen molar-refractivity contribution in [3.63, 3.8) is 0 Å². The van der Waals surface area contributed by atoms with Gasteiger partial charge >= 0.3 is 0 Å². The van der Waals surface area contributed by atoms with Crippen LogP contribution in [0.2, 0.25) is 0 Å². The van der Waals surface area contributed by atoms with E-state index in [1.807, 2.05) is 11.4 Å². The second-order valence-electron chi connectivity index (χ2n) is 4.23. The first-order valence-corrected chi connectivity index (χ1v) is 7.49. The number of hydrogen-bond acceptors (Lipinski definition) is 5. The molecule has 3 N–H and O–H groups in total. The van der Waals surface area contributed by atoms with E-state index in [0.717, 1.165) is 18.7 Å². The number of nitrogens with zero attached hydrogens (tertiary/aromatic N) is 2. The van der Waals surface area contributed by atoms with E-state index in [2.05, 4.69) is 32.3 Å². The Labute approximate surface area is 126 Å². The molecule has 0 atom stereocenters. The molecule has 2 aromatic rings. The topological polar surface area (TPSA) is 90.9 Å². The largest absolute Gasteiger partial charge is 0.395 e. The Morgan fingerprint density at radius 1 is 1.52 bits per heavy atom. The molecule has 2 aromatic heterocycles. The molecule has 0 bridgehead atoms. The molecule has 0 aliphatic carbocycles. The second kappa shape index (κ2) is 8.19. The number of aryl methyl sites for hydroxylation is 1. The molecule has 7 heteroatoms. The number of hydrogen-bond donors (Lipinski definition) is 3. The predicted molar refractivity (Wildman–Crippen MR) is 79.9 cm³/mol. The lowest BCUT2D eigenvalue weighted by atomic mass is 10.2. The summed E-state index contributed by atoms with van der Waals surface area (Å²) in [4.78, 5) is 16.7. The Balaban J connectivity index is 1.81. The molecule has 0 saturated heterocycles. The van der Waals surface area contributed by atoms with Crippen molar-refractivity contribution in [1.29, 1.82) is 0 Å². The summed E-state index contributed by atoms with van der Waals surface area (Å²) in [5, 5.41) is 20.0. The van der Waals surface area contributed by atoms with Gasteiger partial charge in [-0.1, -0.05) is 11.8 Å². The number of amides is 1. The van der Waals surface area contributed by atoms with Gasteiger partial charge in [0.2, 0.25) is 0 Å². The van der Waals surface area contributed by atoms with Crippen molar-refractivity contribution in [3.05, 3.63) is 34.0 Å². The quantitative estimate of drug-likeness (QED) is 0.548. The van der Waals surface area contributed by atoms with Crippen LogP contribution in [0.15, 0.2) is 17.8 Å². The highest BCUT2D eigenvalue weighted by Crippen LogP contribution is 2.15. The maximum absolute atomic E-state index is 12.1. The number of aromatic nitrogens is 3. The fourth-order valence-corrected chi connectivity index (χ4v) is 2.45. The van der Waals surface area contributed by atoms with E-state index in [1.54, 1.807) is 0 Å². The number of rotatable bonds is 6. The first-order valence-electron chi connectivity index (χ1n) is 6.61. The van der Waals surface area contributed by atoms with Crippen molar-refractivity contribution in [2.75, 3.05) is 13.2 Å². The van der Waals surface area contributed by atoms with Gasteiger partial charge in [0.05, 0.1) is 6.61 Å². The van der Waals surface area contributed by atoms with Crippen molar-refractivity contribution < 1.29 is 9.90 Å². The highest BCUT2D eigenvalue weighted by atomic mass is 32.1. The van der Waals surface area contributed by atoms with Crippen LogP contribution in [0.5, 0.6) is 0 Å². The molecular formula is C14H16N4O2S. The summed E-state index contributed by atoms with van der Waals surface area (Å²) in [6.45, 7) is 0.598. The van der Waals surface area contributed by atoms with E-state index in [1.165, 1.54) is 17.7 Å². The number of H-pyrrole nitrogens is 1. The van der Waals surface area contributed by atoms with E-state index >= 15 is 0 Å². The molecular weight excluding hydrogens is 288 g/mol. The van der Waals surface area contributed by atoms with Gasteiger partial charge < -0.3 is 10.4 Å². The average Bonchev–Trinajstić information content (AvgIpc) is 3.15. The van der Waals surface area contributed by atoms with Crippen LogP contribution in [-0.2, 0) is 6.42 Å². The molecule has 0 unspecified atom stereocenters. The van der Waals surface area contributed by atoms with Crippen molar-refractivity contribution in [1.82, 2.24) is 20.5 Å². The molecule has 0 aromatic carbocycles. The van der Waals surface area contributed by atoms with Crippen LogP contribution in [0.1, 0.15) is 33.9 Å². The zero-order valence-corrected chi connectivity index (χ0v) is 12.2. The maximum Gasteiger partial charge on any atom is 0.262 e. The summed E-state index contributed by atoms with van der Waals surface area (Å²) in [5.74, 6) is 6.43. The molecule has 2 rings (SSSR count). The molecule has 2 heterocycles. The molecule has 0 aliphatic heterocycles. The van der Waals surface area contributed by atoms with Gasteiger partial charge in [-0.05, 0) is 17.9 Å². The molecule has 21 heavy (non-hydrogen) atoms. The number of aromatic amines is 1. The van der Waals surface area contributed by atoms with Gasteiger partial charge in [0.1, 0.15) is 17.0 Å². The molecule has 0 aliphatic rings. The van der Waals surface area contributed by atoms with Gasteiger partial charge in [0, 0.05) is 24.9 Å². The van der Waals surface area contributed by atoms with Crippen molar-refractivity contribution in [3.8, 4) is 11.8 Å². The monoisotopic (exact) mass is 304 g/mol. The Bertz CT molecular complexity index is 625. The van der Waals surface area contributed by atoms with Crippen LogP contribution in [0.3, 0.4) is 0 Å². The van der Waals surface area contributed by atoms with Gasteiger partial charge in [-0.3, -0.25) is 9.89 Å². The number of nitrogens with one attached hydrogen (secondary N) is 2. The van der Waals surface area contributed by atoms with Crippen LogP contribution < -0.4 is 5.32 Å².